The maximum atomic E-state index is 12.5. The van der Waals surface area contributed by atoms with Crippen molar-refractivity contribution in [3.63, 3.8) is 0 Å². The van der Waals surface area contributed by atoms with E-state index >= 15 is 0 Å². The van der Waals surface area contributed by atoms with Gasteiger partial charge in [0.25, 0.3) is 0 Å². The highest BCUT2D eigenvalue weighted by molar-refractivity contribution is 6.30. The van der Waals surface area contributed by atoms with Crippen LogP contribution in [0.15, 0.2) is 48.5 Å². The first-order valence-corrected chi connectivity index (χ1v) is 9.33. The van der Waals surface area contributed by atoms with E-state index in [-0.39, 0.29) is 23.7 Å². The molecule has 1 saturated carbocycles. The Labute approximate surface area is 158 Å². The lowest BCUT2D eigenvalue weighted by Gasteiger charge is -2.27. The quantitative estimate of drug-likeness (QED) is 0.792. The van der Waals surface area contributed by atoms with Crippen molar-refractivity contribution in [3.05, 3.63) is 59.1 Å². The third-order valence-corrected chi connectivity index (χ3v) is 5.24. The van der Waals surface area contributed by atoms with Crippen molar-refractivity contribution in [2.75, 3.05) is 10.6 Å². The fourth-order valence-corrected chi connectivity index (χ4v) is 3.47. The van der Waals surface area contributed by atoms with Crippen LogP contribution < -0.4 is 10.6 Å². The van der Waals surface area contributed by atoms with Gasteiger partial charge in [-0.15, -0.1) is 0 Å². The van der Waals surface area contributed by atoms with E-state index in [9.17, 15) is 9.59 Å². The summed E-state index contributed by atoms with van der Waals surface area (Å²) < 4.78 is 0. The largest absolute Gasteiger partial charge is 0.326 e. The molecule has 0 aliphatic heterocycles. The Morgan fingerprint density at radius 1 is 0.846 bits per heavy atom. The molecule has 3 rings (SSSR count). The number of anilines is 2. The van der Waals surface area contributed by atoms with Gasteiger partial charge < -0.3 is 10.6 Å². The van der Waals surface area contributed by atoms with Crippen molar-refractivity contribution >= 4 is 34.8 Å². The molecule has 2 aromatic rings. The number of hydrogen-bond donors (Lipinski definition) is 2. The number of para-hydroxylation sites is 1. The summed E-state index contributed by atoms with van der Waals surface area (Å²) in [6, 6.07) is 14.9. The second-order valence-electron chi connectivity index (χ2n) is 6.85. The fourth-order valence-electron chi connectivity index (χ4n) is 3.34. The van der Waals surface area contributed by atoms with Gasteiger partial charge in [-0.3, -0.25) is 9.59 Å². The van der Waals surface area contributed by atoms with Crippen LogP contribution in [0.1, 0.15) is 31.2 Å². The Morgan fingerprint density at radius 2 is 1.38 bits per heavy atom. The molecule has 0 spiro atoms. The number of halogens is 1. The number of rotatable bonds is 4. The summed E-state index contributed by atoms with van der Waals surface area (Å²) in [4.78, 5) is 24.9. The first-order chi connectivity index (χ1) is 12.5. The van der Waals surface area contributed by atoms with E-state index in [0.717, 1.165) is 42.6 Å². The molecule has 2 aromatic carbocycles. The predicted octanol–water partition coefficient (Wildman–Crippen LogP) is 5.03. The van der Waals surface area contributed by atoms with E-state index in [1.165, 1.54) is 0 Å². The molecule has 0 unspecified atom stereocenters. The summed E-state index contributed by atoms with van der Waals surface area (Å²) in [6.07, 6.45) is 2.92. The molecule has 136 valence electrons. The van der Waals surface area contributed by atoms with E-state index in [1.54, 1.807) is 24.3 Å². The van der Waals surface area contributed by atoms with Crippen LogP contribution in [-0.2, 0) is 9.59 Å². The van der Waals surface area contributed by atoms with E-state index < -0.39 is 0 Å². The molecule has 0 aromatic heterocycles. The standard InChI is InChI=1S/C21H23ClN2O2/c1-14-4-2-3-5-19(14)24-21(26)16-8-6-15(7-9-16)20(25)23-18-12-10-17(22)11-13-18/h2-5,10-13,15-16H,6-9H2,1H3,(H,23,25)(H,24,26). The lowest BCUT2D eigenvalue weighted by atomic mass is 9.81. The first-order valence-electron chi connectivity index (χ1n) is 8.96. The van der Waals surface area contributed by atoms with Crippen molar-refractivity contribution < 1.29 is 9.59 Å². The van der Waals surface area contributed by atoms with E-state index in [4.69, 9.17) is 11.6 Å². The summed E-state index contributed by atoms with van der Waals surface area (Å²) >= 11 is 5.86. The number of amides is 2. The molecule has 0 radical (unpaired) electrons. The first kappa shape index (κ1) is 18.5. The Kier molecular flexibility index (Phi) is 5.94. The number of hydrogen-bond acceptors (Lipinski definition) is 2. The van der Waals surface area contributed by atoms with Gasteiger partial charge in [-0.1, -0.05) is 29.8 Å². The van der Waals surface area contributed by atoms with Crippen LogP contribution in [0.2, 0.25) is 5.02 Å². The maximum absolute atomic E-state index is 12.5. The minimum absolute atomic E-state index is 0.0186. The summed E-state index contributed by atoms with van der Waals surface area (Å²) in [5.41, 5.74) is 2.66. The van der Waals surface area contributed by atoms with Crippen LogP contribution in [0.4, 0.5) is 11.4 Å². The summed E-state index contributed by atoms with van der Waals surface area (Å²) in [5.74, 6) is -0.0108. The Bertz CT molecular complexity index is 781. The smallest absolute Gasteiger partial charge is 0.227 e. The minimum atomic E-state index is -0.0480. The lowest BCUT2D eigenvalue weighted by Crippen LogP contribution is -2.32. The molecule has 2 amide bonds. The number of aryl methyl sites for hydroxylation is 1. The van der Waals surface area contributed by atoms with Gasteiger partial charge in [0.2, 0.25) is 11.8 Å². The van der Waals surface area contributed by atoms with Crippen LogP contribution in [0.5, 0.6) is 0 Å². The zero-order valence-electron chi connectivity index (χ0n) is 14.8. The SMILES string of the molecule is Cc1ccccc1NC(=O)C1CCC(C(=O)Nc2ccc(Cl)cc2)CC1. The second kappa shape index (κ2) is 8.37. The summed E-state index contributed by atoms with van der Waals surface area (Å²) in [6.45, 7) is 1.98. The van der Waals surface area contributed by atoms with Crippen molar-refractivity contribution in [2.45, 2.75) is 32.6 Å². The maximum Gasteiger partial charge on any atom is 0.227 e. The number of carbonyl (C=O) groups excluding carboxylic acids is 2. The van der Waals surface area contributed by atoms with Crippen molar-refractivity contribution in [3.8, 4) is 0 Å². The highest BCUT2D eigenvalue weighted by Gasteiger charge is 2.30. The molecule has 2 N–H and O–H groups in total. The molecule has 5 heteroatoms. The minimum Gasteiger partial charge on any atom is -0.326 e. The molecule has 1 aliphatic rings. The van der Waals surface area contributed by atoms with Crippen LogP contribution in [0.25, 0.3) is 0 Å². The average molecular weight is 371 g/mol. The Morgan fingerprint density at radius 3 is 1.96 bits per heavy atom. The van der Waals surface area contributed by atoms with Gasteiger partial charge in [0.15, 0.2) is 0 Å². The fraction of sp³-hybridized carbons (Fsp3) is 0.333. The molecule has 0 atom stereocenters. The molecule has 1 aliphatic carbocycles. The van der Waals surface area contributed by atoms with Crippen LogP contribution in [-0.4, -0.2) is 11.8 Å². The van der Waals surface area contributed by atoms with Gasteiger partial charge in [0.05, 0.1) is 0 Å². The van der Waals surface area contributed by atoms with Gasteiger partial charge in [-0.05, 0) is 68.5 Å². The monoisotopic (exact) mass is 370 g/mol. The molecule has 26 heavy (non-hydrogen) atoms. The van der Waals surface area contributed by atoms with Crippen LogP contribution >= 0.6 is 11.6 Å². The third kappa shape index (κ3) is 4.64. The highest BCUT2D eigenvalue weighted by Crippen LogP contribution is 2.31. The van der Waals surface area contributed by atoms with E-state index in [1.807, 2.05) is 31.2 Å². The predicted molar refractivity (Wildman–Crippen MR) is 105 cm³/mol. The lowest BCUT2D eigenvalue weighted by molar-refractivity contribution is -0.125. The Hall–Kier alpha value is -2.33. The van der Waals surface area contributed by atoms with Crippen molar-refractivity contribution in [1.82, 2.24) is 0 Å². The topological polar surface area (TPSA) is 58.2 Å². The molecule has 0 heterocycles. The average Bonchev–Trinajstić information content (AvgIpc) is 2.65. The second-order valence-corrected chi connectivity index (χ2v) is 7.29. The van der Waals surface area contributed by atoms with E-state index in [2.05, 4.69) is 10.6 Å². The van der Waals surface area contributed by atoms with Crippen LogP contribution in [0.3, 0.4) is 0 Å². The van der Waals surface area contributed by atoms with Crippen LogP contribution in [0, 0.1) is 18.8 Å². The zero-order chi connectivity index (χ0) is 18.5. The molecule has 0 saturated heterocycles. The molecule has 4 nitrogen and oxygen atoms in total. The number of benzene rings is 2. The normalized spacial score (nSPS) is 19.6. The van der Waals surface area contributed by atoms with Gasteiger partial charge >= 0.3 is 0 Å². The van der Waals surface area contributed by atoms with Gasteiger partial charge in [0.1, 0.15) is 0 Å². The molecular weight excluding hydrogens is 348 g/mol. The highest BCUT2D eigenvalue weighted by atomic mass is 35.5. The molecule has 1 fully saturated rings. The van der Waals surface area contributed by atoms with Crippen molar-refractivity contribution in [2.24, 2.45) is 11.8 Å². The van der Waals surface area contributed by atoms with Crippen molar-refractivity contribution in [1.29, 1.82) is 0 Å². The zero-order valence-corrected chi connectivity index (χ0v) is 15.6. The molecular formula is C21H23ClN2O2. The van der Waals surface area contributed by atoms with E-state index in [0.29, 0.717) is 5.02 Å². The third-order valence-electron chi connectivity index (χ3n) is 4.98. The summed E-state index contributed by atoms with van der Waals surface area (Å²) in [5, 5.41) is 6.59. The van der Waals surface area contributed by atoms with Gasteiger partial charge in [-0.25, -0.2) is 0 Å². The Balaban J connectivity index is 1.50. The summed E-state index contributed by atoms with van der Waals surface area (Å²) in [7, 11) is 0. The van der Waals surface area contributed by atoms with Gasteiger partial charge in [-0.2, -0.15) is 0 Å². The number of nitrogens with one attached hydrogen (secondary N) is 2. The molecule has 0 bridgehead atoms. The number of carbonyl (C=O) groups is 2. The van der Waals surface area contributed by atoms with Gasteiger partial charge in [0, 0.05) is 28.2 Å².